The number of aryl methyl sites for hydroxylation is 2. The highest BCUT2D eigenvalue weighted by atomic mass is 16.5. The fraction of sp³-hybridized carbons (Fsp3) is 0.429. The predicted octanol–water partition coefficient (Wildman–Crippen LogP) is 1.93. The summed E-state index contributed by atoms with van der Waals surface area (Å²) in [5.74, 6) is 1.07. The zero-order valence-corrected chi connectivity index (χ0v) is 10.6. The Morgan fingerprint density at radius 2 is 2.28 bits per heavy atom. The van der Waals surface area contributed by atoms with E-state index in [2.05, 4.69) is 22.5 Å². The normalized spacial score (nSPS) is 17.4. The van der Waals surface area contributed by atoms with Crippen molar-refractivity contribution >= 4 is 11.0 Å². The van der Waals surface area contributed by atoms with Gasteiger partial charge < -0.3 is 9.30 Å². The molecule has 0 atom stereocenters. The Morgan fingerprint density at radius 1 is 1.50 bits per heavy atom. The largest absolute Gasteiger partial charge is 0.377 e. The molecule has 1 aromatic heterocycles. The van der Waals surface area contributed by atoms with Crippen LogP contribution in [-0.2, 0) is 23.6 Å². The van der Waals surface area contributed by atoms with Gasteiger partial charge in [-0.15, -0.1) is 0 Å². The molecule has 0 amide bonds. The number of hydrogen-bond acceptors (Lipinski definition) is 3. The second-order valence-electron chi connectivity index (χ2n) is 4.83. The molecule has 0 saturated carbocycles. The van der Waals surface area contributed by atoms with E-state index in [0.29, 0.717) is 13.2 Å². The van der Waals surface area contributed by atoms with Crippen LogP contribution in [0, 0.1) is 11.3 Å². The van der Waals surface area contributed by atoms with Crippen molar-refractivity contribution in [2.45, 2.75) is 18.8 Å². The van der Waals surface area contributed by atoms with Gasteiger partial charge in [-0.2, -0.15) is 5.26 Å². The van der Waals surface area contributed by atoms with Gasteiger partial charge in [-0.05, 0) is 17.7 Å². The molecule has 3 rings (SSSR count). The van der Waals surface area contributed by atoms with Gasteiger partial charge in [0.1, 0.15) is 11.2 Å². The van der Waals surface area contributed by atoms with Crippen molar-refractivity contribution in [1.82, 2.24) is 9.55 Å². The summed E-state index contributed by atoms with van der Waals surface area (Å²) in [5.41, 5.74) is 2.64. The van der Waals surface area contributed by atoms with Crippen molar-refractivity contribution in [2.75, 3.05) is 13.2 Å². The maximum absolute atomic E-state index is 9.31. The summed E-state index contributed by atoms with van der Waals surface area (Å²) in [6.07, 6.45) is 0.910. The molecule has 0 unspecified atom stereocenters. The molecule has 1 aromatic carbocycles. The van der Waals surface area contributed by atoms with Crippen molar-refractivity contribution in [3.8, 4) is 6.07 Å². The van der Waals surface area contributed by atoms with E-state index in [1.54, 1.807) is 0 Å². The van der Waals surface area contributed by atoms with E-state index in [1.165, 1.54) is 0 Å². The zero-order chi connectivity index (χ0) is 12.8. The summed E-state index contributed by atoms with van der Waals surface area (Å²) in [4.78, 5) is 4.61. The third-order valence-electron chi connectivity index (χ3n) is 3.75. The van der Waals surface area contributed by atoms with Crippen molar-refractivity contribution in [3.05, 3.63) is 29.6 Å². The number of fused-ring (bicyclic) bond motifs is 1. The second-order valence-corrected chi connectivity index (χ2v) is 4.83. The molecular weight excluding hydrogens is 226 g/mol. The van der Waals surface area contributed by atoms with Gasteiger partial charge in [-0.1, -0.05) is 13.0 Å². The lowest BCUT2D eigenvalue weighted by Crippen LogP contribution is -2.45. The molecule has 0 bridgehead atoms. The molecule has 0 spiro atoms. The first-order chi connectivity index (χ1) is 8.70. The van der Waals surface area contributed by atoms with Gasteiger partial charge in [-0.3, -0.25) is 0 Å². The lowest BCUT2D eigenvalue weighted by molar-refractivity contribution is -0.0297. The van der Waals surface area contributed by atoms with Gasteiger partial charge in [0.05, 0.1) is 30.3 Å². The van der Waals surface area contributed by atoms with E-state index in [4.69, 9.17) is 4.74 Å². The smallest absolute Gasteiger partial charge is 0.129 e. The maximum atomic E-state index is 9.31. The Kier molecular flexibility index (Phi) is 2.39. The Morgan fingerprint density at radius 3 is 2.83 bits per heavy atom. The minimum atomic E-state index is -0.460. The SMILES string of the molecule is CCc1nc2cc(C3(C#N)COC3)ccc2n1C. The van der Waals surface area contributed by atoms with Crippen LogP contribution in [0.1, 0.15) is 18.3 Å². The lowest BCUT2D eigenvalue weighted by atomic mass is 9.80. The van der Waals surface area contributed by atoms with Crippen LogP contribution >= 0.6 is 0 Å². The van der Waals surface area contributed by atoms with Gasteiger partial charge in [0, 0.05) is 13.5 Å². The van der Waals surface area contributed by atoms with E-state index >= 15 is 0 Å². The average Bonchev–Trinajstić information content (AvgIpc) is 2.65. The van der Waals surface area contributed by atoms with E-state index in [1.807, 2.05) is 25.2 Å². The molecule has 0 radical (unpaired) electrons. The van der Waals surface area contributed by atoms with Gasteiger partial charge in [0.2, 0.25) is 0 Å². The van der Waals surface area contributed by atoms with Crippen molar-refractivity contribution < 1.29 is 4.74 Å². The molecule has 1 fully saturated rings. The highest BCUT2D eigenvalue weighted by Gasteiger charge is 2.41. The van der Waals surface area contributed by atoms with Crippen LogP contribution in [0.3, 0.4) is 0 Å². The fourth-order valence-electron chi connectivity index (χ4n) is 2.47. The van der Waals surface area contributed by atoms with Crippen LogP contribution in [0.2, 0.25) is 0 Å². The zero-order valence-electron chi connectivity index (χ0n) is 10.6. The Hall–Kier alpha value is -1.86. The minimum Gasteiger partial charge on any atom is -0.377 e. The first-order valence-corrected chi connectivity index (χ1v) is 6.15. The number of aromatic nitrogens is 2. The van der Waals surface area contributed by atoms with Crippen molar-refractivity contribution in [2.24, 2.45) is 7.05 Å². The quantitative estimate of drug-likeness (QED) is 0.807. The summed E-state index contributed by atoms with van der Waals surface area (Å²) in [5, 5.41) is 9.31. The topological polar surface area (TPSA) is 50.8 Å². The molecule has 1 aliphatic rings. The first-order valence-electron chi connectivity index (χ1n) is 6.15. The van der Waals surface area contributed by atoms with Crippen LogP contribution < -0.4 is 0 Å². The van der Waals surface area contributed by atoms with Crippen LogP contribution in [0.5, 0.6) is 0 Å². The number of ether oxygens (including phenoxy) is 1. The van der Waals surface area contributed by atoms with E-state index in [0.717, 1.165) is 28.8 Å². The third-order valence-corrected chi connectivity index (χ3v) is 3.75. The number of benzene rings is 1. The third kappa shape index (κ3) is 1.37. The van der Waals surface area contributed by atoms with Gasteiger partial charge in [0.25, 0.3) is 0 Å². The van der Waals surface area contributed by atoms with Crippen LogP contribution in [0.4, 0.5) is 0 Å². The Balaban J connectivity index is 2.15. The standard InChI is InChI=1S/C14H15N3O/c1-3-13-16-11-6-10(4-5-12(11)17(13)2)14(7-15)8-18-9-14/h4-6H,3,8-9H2,1-2H3. The summed E-state index contributed by atoms with van der Waals surface area (Å²) in [7, 11) is 2.03. The molecule has 2 heterocycles. The summed E-state index contributed by atoms with van der Waals surface area (Å²) in [6.45, 7) is 3.07. The highest BCUT2D eigenvalue weighted by molar-refractivity contribution is 5.77. The van der Waals surface area contributed by atoms with Crippen molar-refractivity contribution in [3.63, 3.8) is 0 Å². The minimum absolute atomic E-state index is 0.460. The first kappa shape index (κ1) is 11.2. The van der Waals surface area contributed by atoms with E-state index in [9.17, 15) is 5.26 Å². The highest BCUT2D eigenvalue weighted by Crippen LogP contribution is 2.33. The monoisotopic (exact) mass is 241 g/mol. The van der Waals surface area contributed by atoms with Gasteiger partial charge >= 0.3 is 0 Å². The lowest BCUT2D eigenvalue weighted by Gasteiger charge is -2.35. The predicted molar refractivity (Wildman–Crippen MR) is 68.2 cm³/mol. The summed E-state index contributed by atoms with van der Waals surface area (Å²) in [6, 6.07) is 8.47. The molecule has 2 aromatic rings. The molecule has 1 saturated heterocycles. The second kappa shape index (κ2) is 3.82. The van der Waals surface area contributed by atoms with E-state index in [-0.39, 0.29) is 0 Å². The Bertz CT molecular complexity index is 647. The molecule has 4 nitrogen and oxygen atoms in total. The number of rotatable bonds is 2. The Labute approximate surface area is 106 Å². The molecular formula is C14H15N3O. The fourth-order valence-corrected chi connectivity index (χ4v) is 2.47. The molecule has 1 aliphatic heterocycles. The van der Waals surface area contributed by atoms with Crippen LogP contribution in [0.15, 0.2) is 18.2 Å². The molecule has 4 heteroatoms. The van der Waals surface area contributed by atoms with E-state index < -0.39 is 5.41 Å². The van der Waals surface area contributed by atoms with Crippen LogP contribution in [0.25, 0.3) is 11.0 Å². The maximum Gasteiger partial charge on any atom is 0.129 e. The number of nitrogens with zero attached hydrogens (tertiary/aromatic N) is 3. The molecule has 18 heavy (non-hydrogen) atoms. The number of imidazole rings is 1. The molecule has 0 aliphatic carbocycles. The summed E-state index contributed by atoms with van der Waals surface area (Å²) < 4.78 is 7.30. The molecule has 92 valence electrons. The average molecular weight is 241 g/mol. The number of hydrogen-bond donors (Lipinski definition) is 0. The van der Waals surface area contributed by atoms with Crippen molar-refractivity contribution in [1.29, 1.82) is 5.26 Å². The van der Waals surface area contributed by atoms with Gasteiger partial charge in [0.15, 0.2) is 0 Å². The van der Waals surface area contributed by atoms with Crippen LogP contribution in [-0.4, -0.2) is 22.8 Å². The van der Waals surface area contributed by atoms with Gasteiger partial charge in [-0.25, -0.2) is 4.98 Å². The molecule has 0 N–H and O–H groups in total. The number of nitriles is 1. The summed E-state index contributed by atoms with van der Waals surface area (Å²) >= 11 is 0.